The summed E-state index contributed by atoms with van der Waals surface area (Å²) >= 11 is 1.57. The van der Waals surface area contributed by atoms with Crippen molar-refractivity contribution in [3.8, 4) is 0 Å². The van der Waals surface area contributed by atoms with Crippen LogP contribution in [0.1, 0.15) is 13.3 Å². The number of hydrogen-bond acceptors (Lipinski definition) is 4. The fourth-order valence-corrected chi connectivity index (χ4v) is 1.16. The minimum Gasteiger partial charge on any atom is -0.367 e. The van der Waals surface area contributed by atoms with E-state index in [1.54, 1.807) is 16.0 Å². The molecule has 0 aliphatic carbocycles. The van der Waals surface area contributed by atoms with Crippen LogP contribution in [0.25, 0.3) is 0 Å². The van der Waals surface area contributed by atoms with E-state index >= 15 is 0 Å². The molecule has 0 amide bonds. The SMILES string of the molecule is CCCSn1ncnc1N. The van der Waals surface area contributed by atoms with E-state index in [1.807, 2.05) is 0 Å². The van der Waals surface area contributed by atoms with Crippen LogP contribution >= 0.6 is 11.9 Å². The van der Waals surface area contributed by atoms with Gasteiger partial charge in [0.2, 0.25) is 5.95 Å². The van der Waals surface area contributed by atoms with Gasteiger partial charge in [0.15, 0.2) is 0 Å². The summed E-state index contributed by atoms with van der Waals surface area (Å²) in [5, 5.41) is 3.90. The molecule has 10 heavy (non-hydrogen) atoms. The van der Waals surface area contributed by atoms with Crippen LogP contribution in [0.3, 0.4) is 0 Å². The number of anilines is 1. The Hall–Kier alpha value is -0.710. The summed E-state index contributed by atoms with van der Waals surface area (Å²) < 4.78 is 1.63. The number of aromatic nitrogens is 3. The third-order valence-electron chi connectivity index (χ3n) is 0.960. The van der Waals surface area contributed by atoms with Crippen LogP contribution in [0, 0.1) is 0 Å². The molecule has 1 aromatic rings. The zero-order valence-electron chi connectivity index (χ0n) is 5.82. The maximum atomic E-state index is 5.45. The van der Waals surface area contributed by atoms with Crippen molar-refractivity contribution < 1.29 is 0 Å². The first kappa shape index (κ1) is 7.40. The first-order valence-corrected chi connectivity index (χ1v) is 4.07. The van der Waals surface area contributed by atoms with Crippen molar-refractivity contribution in [3.63, 3.8) is 0 Å². The average molecular weight is 158 g/mol. The van der Waals surface area contributed by atoms with Gasteiger partial charge in [-0.15, -0.1) is 5.10 Å². The molecule has 0 unspecified atom stereocenters. The fourth-order valence-electron chi connectivity index (χ4n) is 0.518. The lowest BCUT2D eigenvalue weighted by Crippen LogP contribution is -1.98. The van der Waals surface area contributed by atoms with Crippen LogP contribution in [0.2, 0.25) is 0 Å². The molecular weight excluding hydrogens is 148 g/mol. The minimum absolute atomic E-state index is 0.471. The van der Waals surface area contributed by atoms with Crippen molar-refractivity contribution in [2.75, 3.05) is 11.5 Å². The predicted molar refractivity (Wildman–Crippen MR) is 42.6 cm³/mol. The van der Waals surface area contributed by atoms with Gasteiger partial charge in [-0.3, -0.25) is 0 Å². The summed E-state index contributed by atoms with van der Waals surface area (Å²) in [7, 11) is 0. The molecule has 0 spiro atoms. The lowest BCUT2D eigenvalue weighted by molar-refractivity contribution is 1.00. The highest BCUT2D eigenvalue weighted by Gasteiger charge is 1.96. The average Bonchev–Trinajstić information content (AvgIpc) is 2.31. The highest BCUT2D eigenvalue weighted by molar-refractivity contribution is 7.97. The van der Waals surface area contributed by atoms with Gasteiger partial charge in [-0.1, -0.05) is 6.92 Å². The molecule has 56 valence electrons. The molecule has 1 heterocycles. The van der Waals surface area contributed by atoms with Crippen LogP contribution in [0.4, 0.5) is 5.95 Å². The van der Waals surface area contributed by atoms with E-state index in [4.69, 9.17) is 5.73 Å². The molecule has 2 N–H and O–H groups in total. The van der Waals surface area contributed by atoms with Crippen molar-refractivity contribution in [1.82, 2.24) is 14.2 Å². The van der Waals surface area contributed by atoms with Crippen LogP contribution in [0.15, 0.2) is 6.33 Å². The largest absolute Gasteiger partial charge is 0.367 e. The lowest BCUT2D eigenvalue weighted by atomic mass is 10.6. The molecule has 0 aromatic carbocycles. The number of hydrogen-bond donors (Lipinski definition) is 1. The van der Waals surface area contributed by atoms with E-state index in [-0.39, 0.29) is 0 Å². The molecule has 4 nitrogen and oxygen atoms in total. The van der Waals surface area contributed by atoms with Crippen molar-refractivity contribution in [2.45, 2.75) is 13.3 Å². The Morgan fingerprint density at radius 2 is 2.60 bits per heavy atom. The molecule has 1 aromatic heterocycles. The molecule has 0 aliphatic rings. The standard InChI is InChI=1S/C5H10N4S/c1-2-3-10-9-5(6)7-4-8-9/h4H,2-3H2,1H3,(H2,6,7,8). The summed E-state index contributed by atoms with van der Waals surface area (Å²) in [6, 6.07) is 0. The van der Waals surface area contributed by atoms with Crippen LogP contribution in [-0.4, -0.2) is 19.9 Å². The van der Waals surface area contributed by atoms with Gasteiger partial charge in [-0.25, -0.2) is 0 Å². The normalized spacial score (nSPS) is 10.1. The summed E-state index contributed by atoms with van der Waals surface area (Å²) in [5.74, 6) is 1.49. The van der Waals surface area contributed by atoms with Crippen molar-refractivity contribution in [2.24, 2.45) is 0 Å². The Morgan fingerprint density at radius 3 is 3.10 bits per heavy atom. The van der Waals surface area contributed by atoms with Gasteiger partial charge in [0.1, 0.15) is 6.33 Å². The Kier molecular flexibility index (Phi) is 2.56. The molecule has 0 aliphatic heterocycles. The molecule has 1 rings (SSSR count). The highest BCUT2D eigenvalue weighted by Crippen LogP contribution is 2.08. The molecule has 0 radical (unpaired) electrons. The Bertz CT molecular complexity index is 197. The van der Waals surface area contributed by atoms with Gasteiger partial charge in [-0.2, -0.15) is 9.07 Å². The van der Waals surface area contributed by atoms with E-state index in [9.17, 15) is 0 Å². The first-order valence-electron chi connectivity index (χ1n) is 3.13. The second kappa shape index (κ2) is 3.46. The number of nitrogens with two attached hydrogens (primary N) is 1. The predicted octanol–water partition coefficient (Wildman–Crippen LogP) is 0.767. The van der Waals surface area contributed by atoms with E-state index < -0.39 is 0 Å². The smallest absolute Gasteiger partial charge is 0.229 e. The Labute approximate surface area is 64.0 Å². The summed E-state index contributed by atoms with van der Waals surface area (Å²) in [6.07, 6.45) is 2.57. The van der Waals surface area contributed by atoms with Crippen molar-refractivity contribution in [1.29, 1.82) is 0 Å². The second-order valence-corrected chi connectivity index (χ2v) is 2.84. The highest BCUT2D eigenvalue weighted by atomic mass is 32.2. The Morgan fingerprint density at radius 1 is 1.80 bits per heavy atom. The van der Waals surface area contributed by atoms with E-state index in [0.717, 1.165) is 12.2 Å². The summed E-state index contributed by atoms with van der Waals surface area (Å²) in [4.78, 5) is 3.78. The second-order valence-electron chi connectivity index (χ2n) is 1.82. The summed E-state index contributed by atoms with van der Waals surface area (Å²) in [5.41, 5.74) is 5.45. The zero-order valence-corrected chi connectivity index (χ0v) is 6.64. The van der Waals surface area contributed by atoms with Gasteiger partial charge in [0, 0.05) is 5.75 Å². The van der Waals surface area contributed by atoms with E-state index in [2.05, 4.69) is 17.0 Å². The number of nitrogen functional groups attached to an aromatic ring is 1. The van der Waals surface area contributed by atoms with E-state index in [0.29, 0.717) is 5.95 Å². The zero-order chi connectivity index (χ0) is 7.40. The molecule has 0 atom stereocenters. The minimum atomic E-state index is 0.471. The first-order chi connectivity index (χ1) is 4.84. The molecule has 5 heteroatoms. The van der Waals surface area contributed by atoms with Crippen molar-refractivity contribution in [3.05, 3.63) is 6.33 Å². The van der Waals surface area contributed by atoms with Gasteiger partial charge < -0.3 is 5.73 Å². The van der Waals surface area contributed by atoms with Crippen molar-refractivity contribution >= 4 is 17.9 Å². The Balaban J connectivity index is 2.49. The summed E-state index contributed by atoms with van der Waals surface area (Å²) in [6.45, 7) is 2.11. The maximum Gasteiger partial charge on any atom is 0.229 e. The van der Waals surface area contributed by atoms with Gasteiger partial charge in [0.05, 0.1) is 0 Å². The van der Waals surface area contributed by atoms with Gasteiger partial charge in [-0.05, 0) is 18.4 Å². The molecule has 0 bridgehead atoms. The number of nitrogens with zero attached hydrogens (tertiary/aromatic N) is 3. The molecular formula is C5H10N4S. The quantitative estimate of drug-likeness (QED) is 0.705. The maximum absolute atomic E-state index is 5.45. The van der Waals surface area contributed by atoms with Gasteiger partial charge in [0.25, 0.3) is 0 Å². The number of rotatable bonds is 3. The van der Waals surface area contributed by atoms with Crippen LogP contribution in [0.5, 0.6) is 0 Å². The van der Waals surface area contributed by atoms with E-state index in [1.165, 1.54) is 6.33 Å². The third-order valence-corrected chi connectivity index (χ3v) is 2.08. The van der Waals surface area contributed by atoms with Crippen LogP contribution in [-0.2, 0) is 0 Å². The van der Waals surface area contributed by atoms with Gasteiger partial charge >= 0.3 is 0 Å². The lowest BCUT2D eigenvalue weighted by Gasteiger charge is -1.97. The monoisotopic (exact) mass is 158 g/mol. The fraction of sp³-hybridized carbons (Fsp3) is 0.600. The molecule has 0 fully saturated rings. The molecule has 0 saturated carbocycles. The van der Waals surface area contributed by atoms with Crippen LogP contribution < -0.4 is 5.73 Å². The molecule has 0 saturated heterocycles. The third kappa shape index (κ3) is 1.63. The topological polar surface area (TPSA) is 56.7 Å².